The second-order valence-electron chi connectivity index (χ2n) is 15.0. The molecule has 0 N–H and O–H groups in total. The van der Waals surface area contributed by atoms with Gasteiger partial charge in [0.1, 0.15) is 11.5 Å². The van der Waals surface area contributed by atoms with Crippen molar-refractivity contribution in [3.05, 3.63) is 131 Å². The monoisotopic (exact) mass is 570 g/mol. The Morgan fingerprint density at radius 2 is 1.00 bits per heavy atom. The maximum Gasteiger partial charge on any atom is 0.131 e. The van der Waals surface area contributed by atoms with Gasteiger partial charge in [0.2, 0.25) is 0 Å². The fraction of sp³-hybridized carbons (Fsp3) is 0.302. The predicted octanol–water partition coefficient (Wildman–Crippen LogP) is 11.2. The average Bonchev–Trinajstić information content (AvgIpc) is 3.34. The third kappa shape index (κ3) is 3.26. The normalized spacial score (nSPS) is 27.8. The molecular weight excluding hydrogens is 532 g/mol. The Labute approximate surface area is 260 Å². The van der Waals surface area contributed by atoms with Crippen molar-refractivity contribution in [2.75, 3.05) is 0 Å². The van der Waals surface area contributed by atoms with Crippen LogP contribution in [0.4, 0.5) is 0 Å². The number of para-hydroxylation sites is 1. The number of benzene rings is 5. The lowest BCUT2D eigenvalue weighted by atomic mass is 9.43. The summed E-state index contributed by atoms with van der Waals surface area (Å²) in [5.41, 5.74) is 14.0. The van der Waals surface area contributed by atoms with Crippen molar-refractivity contribution in [2.24, 2.45) is 23.7 Å². The number of hydrogen-bond acceptors (Lipinski definition) is 1. The number of hydrogen-bond donors (Lipinski definition) is 0. The smallest absolute Gasteiger partial charge is 0.131 e. The molecular formula is C43H38O. The van der Waals surface area contributed by atoms with Crippen LogP contribution in [0.15, 0.2) is 109 Å². The van der Waals surface area contributed by atoms with Crippen LogP contribution in [0.1, 0.15) is 68.2 Å². The quantitative estimate of drug-likeness (QED) is 0.205. The molecule has 0 amide bonds. The third-order valence-electron chi connectivity index (χ3n) is 12.5. The standard InChI is InChI=1S/C43H38O/c1-42(2)37-9-5-6-10-40(37)44-41-18-16-31(25-39(41)42)29-13-11-28(12-14-29)30-15-17-35-34-7-3-4-8-36(34)43(38(35)24-30)32-20-26-19-27(22-32)23-33(43)21-26/h3-18,24-27,32-33H,19-23H2,1-2H3. The van der Waals surface area contributed by atoms with Crippen molar-refractivity contribution in [3.8, 4) is 44.9 Å². The highest BCUT2D eigenvalue weighted by molar-refractivity contribution is 5.85. The maximum atomic E-state index is 6.32. The van der Waals surface area contributed by atoms with E-state index in [-0.39, 0.29) is 10.8 Å². The summed E-state index contributed by atoms with van der Waals surface area (Å²) in [4.78, 5) is 0. The number of ether oxygens (including phenoxy) is 1. The Bertz CT molecular complexity index is 1950. The van der Waals surface area contributed by atoms with Gasteiger partial charge >= 0.3 is 0 Å². The molecule has 1 heteroatoms. The zero-order chi connectivity index (χ0) is 29.2. The van der Waals surface area contributed by atoms with E-state index in [0.29, 0.717) is 0 Å². The lowest BCUT2D eigenvalue weighted by Crippen LogP contribution is -2.55. The lowest BCUT2D eigenvalue weighted by Gasteiger charge is -2.61. The topological polar surface area (TPSA) is 9.23 Å². The van der Waals surface area contributed by atoms with E-state index in [1.54, 1.807) is 11.1 Å². The summed E-state index contributed by atoms with van der Waals surface area (Å²) >= 11 is 0. The Morgan fingerprint density at radius 3 is 1.70 bits per heavy atom. The van der Waals surface area contributed by atoms with E-state index in [0.717, 1.165) is 35.2 Å². The van der Waals surface area contributed by atoms with Crippen LogP contribution < -0.4 is 4.74 Å². The van der Waals surface area contributed by atoms with Crippen molar-refractivity contribution in [3.63, 3.8) is 0 Å². The van der Waals surface area contributed by atoms with E-state index in [1.165, 1.54) is 76.6 Å². The molecule has 0 unspecified atom stereocenters. The zero-order valence-electron chi connectivity index (χ0n) is 25.6. The molecule has 5 aromatic rings. The summed E-state index contributed by atoms with van der Waals surface area (Å²) in [5, 5.41) is 0. The van der Waals surface area contributed by atoms with Crippen LogP contribution in [-0.2, 0) is 10.8 Å². The Kier molecular flexibility index (Phi) is 5.02. The fourth-order valence-corrected chi connectivity index (χ4v) is 10.8. The molecule has 4 fully saturated rings. The van der Waals surface area contributed by atoms with Crippen LogP contribution in [0, 0.1) is 23.7 Å². The molecule has 0 saturated heterocycles. The summed E-state index contributed by atoms with van der Waals surface area (Å²) in [7, 11) is 0. The van der Waals surface area contributed by atoms with E-state index in [1.807, 2.05) is 0 Å². The molecule has 4 saturated carbocycles. The molecule has 216 valence electrons. The molecule has 1 aliphatic heterocycles. The molecule has 1 spiro atoms. The van der Waals surface area contributed by atoms with Crippen molar-refractivity contribution >= 4 is 0 Å². The first-order valence-electron chi connectivity index (χ1n) is 16.8. The second-order valence-corrected chi connectivity index (χ2v) is 15.0. The summed E-state index contributed by atoms with van der Waals surface area (Å²) in [5.74, 6) is 5.45. The summed E-state index contributed by atoms with van der Waals surface area (Å²) in [6.07, 6.45) is 7.19. The molecule has 11 rings (SSSR count). The van der Waals surface area contributed by atoms with Gasteiger partial charge in [-0.25, -0.2) is 0 Å². The lowest BCUT2D eigenvalue weighted by molar-refractivity contribution is -0.0399. The van der Waals surface area contributed by atoms with Gasteiger partial charge in [0.05, 0.1) is 0 Å². The first-order chi connectivity index (χ1) is 21.5. The van der Waals surface area contributed by atoms with E-state index in [4.69, 9.17) is 4.74 Å². The highest BCUT2D eigenvalue weighted by Crippen LogP contribution is 2.69. The van der Waals surface area contributed by atoms with Crippen molar-refractivity contribution in [2.45, 2.75) is 56.8 Å². The van der Waals surface area contributed by atoms with Gasteiger partial charge < -0.3 is 4.74 Å². The molecule has 6 aliphatic rings. The van der Waals surface area contributed by atoms with Crippen LogP contribution in [0.25, 0.3) is 33.4 Å². The van der Waals surface area contributed by atoms with Crippen LogP contribution in [-0.4, -0.2) is 0 Å². The summed E-state index contributed by atoms with van der Waals surface area (Å²) in [6, 6.07) is 41.3. The van der Waals surface area contributed by atoms with Gasteiger partial charge in [-0.15, -0.1) is 0 Å². The molecule has 0 atom stereocenters. The van der Waals surface area contributed by atoms with Gasteiger partial charge in [0, 0.05) is 22.0 Å². The highest BCUT2D eigenvalue weighted by atomic mass is 16.5. The molecule has 0 aromatic heterocycles. The first-order valence-corrected chi connectivity index (χ1v) is 16.8. The number of rotatable bonds is 2. The number of fused-ring (bicyclic) bond motifs is 5. The van der Waals surface area contributed by atoms with E-state index in [9.17, 15) is 0 Å². The molecule has 0 radical (unpaired) electrons. The van der Waals surface area contributed by atoms with Crippen molar-refractivity contribution < 1.29 is 4.74 Å². The third-order valence-corrected chi connectivity index (χ3v) is 12.5. The van der Waals surface area contributed by atoms with E-state index >= 15 is 0 Å². The highest BCUT2D eigenvalue weighted by Gasteiger charge is 2.61. The van der Waals surface area contributed by atoms with Gasteiger partial charge in [-0.05, 0) is 125 Å². The van der Waals surface area contributed by atoms with Crippen LogP contribution in [0.2, 0.25) is 0 Å². The van der Waals surface area contributed by atoms with Crippen LogP contribution in [0.3, 0.4) is 0 Å². The molecule has 1 heterocycles. The van der Waals surface area contributed by atoms with Crippen LogP contribution in [0.5, 0.6) is 11.5 Å². The summed E-state index contributed by atoms with van der Waals surface area (Å²) in [6.45, 7) is 4.62. The van der Waals surface area contributed by atoms with Gasteiger partial charge in [-0.2, -0.15) is 0 Å². The minimum absolute atomic E-state index is 0.115. The van der Waals surface area contributed by atoms with Gasteiger partial charge in [-0.1, -0.05) is 98.8 Å². The predicted molar refractivity (Wildman–Crippen MR) is 179 cm³/mol. The minimum Gasteiger partial charge on any atom is -0.457 e. The molecule has 1 nitrogen and oxygen atoms in total. The van der Waals surface area contributed by atoms with Crippen molar-refractivity contribution in [1.82, 2.24) is 0 Å². The molecule has 5 aromatic carbocycles. The van der Waals surface area contributed by atoms with Gasteiger partial charge in [0.25, 0.3) is 0 Å². The molecule has 44 heavy (non-hydrogen) atoms. The van der Waals surface area contributed by atoms with Gasteiger partial charge in [0.15, 0.2) is 0 Å². The van der Waals surface area contributed by atoms with Gasteiger partial charge in [-0.3, -0.25) is 0 Å². The Balaban J connectivity index is 1.03. The largest absolute Gasteiger partial charge is 0.457 e. The summed E-state index contributed by atoms with van der Waals surface area (Å²) < 4.78 is 6.32. The first kappa shape index (κ1) is 25.2. The zero-order valence-corrected chi connectivity index (χ0v) is 25.6. The van der Waals surface area contributed by atoms with Crippen LogP contribution >= 0.6 is 0 Å². The second kappa shape index (κ2) is 8.75. The van der Waals surface area contributed by atoms with Crippen molar-refractivity contribution in [1.29, 1.82) is 0 Å². The Morgan fingerprint density at radius 1 is 0.477 bits per heavy atom. The maximum absolute atomic E-state index is 6.32. The Hall–Kier alpha value is -4.10. The average molecular weight is 571 g/mol. The molecule has 5 aliphatic carbocycles. The van der Waals surface area contributed by atoms with E-state index < -0.39 is 0 Å². The SMILES string of the molecule is CC1(C)c2ccccc2Oc2ccc(-c3ccc(-c4ccc5c(c4)C4(c6ccccc6-5)C5CC6CC(C5)CC4C6)cc3)cc21. The minimum atomic E-state index is -0.115. The fourth-order valence-electron chi connectivity index (χ4n) is 10.8. The molecule has 4 bridgehead atoms. The van der Waals surface area contributed by atoms with E-state index in [2.05, 4.69) is 123 Å².